The number of hydrogen-bond acceptors (Lipinski definition) is 6. The fourth-order valence-corrected chi connectivity index (χ4v) is 2.48. The summed E-state index contributed by atoms with van der Waals surface area (Å²) in [6.45, 7) is 7.12. The fourth-order valence-electron chi connectivity index (χ4n) is 2.48. The number of hydrogen-bond donors (Lipinski definition) is 1. The Balaban J connectivity index is 1.70. The Kier molecular flexibility index (Phi) is 5.39. The molecule has 0 bridgehead atoms. The fraction of sp³-hybridized carbons (Fsp3) is 0.800. The van der Waals surface area contributed by atoms with Gasteiger partial charge in [0, 0.05) is 13.0 Å². The number of alkyl carbamates (subject to hydrolysis) is 1. The molecule has 0 spiro atoms. The van der Waals surface area contributed by atoms with E-state index in [0.29, 0.717) is 24.7 Å². The molecule has 0 radical (unpaired) electrons. The number of ether oxygens (including phenoxy) is 1. The van der Waals surface area contributed by atoms with E-state index in [9.17, 15) is 4.79 Å². The summed E-state index contributed by atoms with van der Waals surface area (Å²) >= 11 is 0. The van der Waals surface area contributed by atoms with Crippen LogP contribution in [0, 0.1) is 0 Å². The lowest BCUT2D eigenvalue weighted by atomic mass is 10.2. The van der Waals surface area contributed by atoms with Crippen molar-refractivity contribution in [2.75, 3.05) is 20.1 Å². The van der Waals surface area contributed by atoms with Gasteiger partial charge in [-0.2, -0.15) is 4.98 Å². The van der Waals surface area contributed by atoms with Gasteiger partial charge in [-0.25, -0.2) is 4.79 Å². The maximum atomic E-state index is 11.5. The van der Waals surface area contributed by atoms with Crippen LogP contribution in [0.3, 0.4) is 0 Å². The van der Waals surface area contributed by atoms with E-state index < -0.39 is 11.7 Å². The third-order valence-electron chi connectivity index (χ3n) is 3.53. The first kappa shape index (κ1) is 16.7. The molecule has 0 saturated carbocycles. The highest BCUT2D eigenvalue weighted by atomic mass is 16.6. The third kappa shape index (κ3) is 4.98. The summed E-state index contributed by atoms with van der Waals surface area (Å²) in [5.74, 6) is 1.40. The molecule has 1 aliphatic rings. The Morgan fingerprint density at radius 3 is 2.91 bits per heavy atom. The zero-order chi connectivity index (χ0) is 16.2. The van der Waals surface area contributed by atoms with Gasteiger partial charge in [0.05, 0.1) is 6.04 Å². The van der Waals surface area contributed by atoms with Crippen molar-refractivity contribution in [3.63, 3.8) is 0 Å². The largest absolute Gasteiger partial charge is 0.444 e. The van der Waals surface area contributed by atoms with Gasteiger partial charge in [-0.1, -0.05) is 5.16 Å². The molecule has 1 amide bonds. The van der Waals surface area contributed by atoms with Crippen LogP contribution in [-0.2, 0) is 11.2 Å². The number of aromatic nitrogens is 2. The second-order valence-electron chi connectivity index (χ2n) is 6.72. The lowest BCUT2D eigenvalue weighted by Gasteiger charge is -2.19. The monoisotopic (exact) mass is 310 g/mol. The van der Waals surface area contributed by atoms with Crippen LogP contribution in [-0.4, -0.2) is 46.9 Å². The molecule has 1 aliphatic heterocycles. The Hall–Kier alpha value is -1.63. The molecule has 1 saturated heterocycles. The summed E-state index contributed by atoms with van der Waals surface area (Å²) < 4.78 is 10.5. The molecule has 1 unspecified atom stereocenters. The highest BCUT2D eigenvalue weighted by Crippen LogP contribution is 2.28. The van der Waals surface area contributed by atoms with E-state index >= 15 is 0 Å². The zero-order valence-corrected chi connectivity index (χ0v) is 13.9. The quantitative estimate of drug-likeness (QED) is 0.841. The average molecular weight is 310 g/mol. The number of rotatable bonds is 5. The van der Waals surface area contributed by atoms with Gasteiger partial charge in [-0.3, -0.25) is 4.90 Å². The maximum Gasteiger partial charge on any atom is 0.407 e. The van der Waals surface area contributed by atoms with Crippen LogP contribution < -0.4 is 5.32 Å². The first-order valence-electron chi connectivity index (χ1n) is 7.85. The van der Waals surface area contributed by atoms with E-state index in [2.05, 4.69) is 27.4 Å². The molecule has 124 valence electrons. The molecule has 22 heavy (non-hydrogen) atoms. The van der Waals surface area contributed by atoms with Crippen molar-refractivity contribution < 1.29 is 14.1 Å². The van der Waals surface area contributed by atoms with Gasteiger partial charge < -0.3 is 14.6 Å². The summed E-state index contributed by atoms with van der Waals surface area (Å²) in [6.07, 6.45) is 3.26. The average Bonchev–Trinajstić information content (AvgIpc) is 3.01. The van der Waals surface area contributed by atoms with Gasteiger partial charge >= 0.3 is 6.09 Å². The Bertz CT molecular complexity index is 495. The summed E-state index contributed by atoms with van der Waals surface area (Å²) in [5, 5.41) is 6.74. The Morgan fingerprint density at radius 1 is 1.50 bits per heavy atom. The number of amides is 1. The van der Waals surface area contributed by atoms with Crippen LogP contribution in [0.4, 0.5) is 4.79 Å². The van der Waals surface area contributed by atoms with Crippen LogP contribution in [0.15, 0.2) is 4.52 Å². The minimum absolute atomic E-state index is 0.251. The summed E-state index contributed by atoms with van der Waals surface area (Å²) in [4.78, 5) is 18.2. The molecular weight excluding hydrogens is 284 g/mol. The number of carbonyl (C=O) groups is 1. The van der Waals surface area contributed by atoms with Gasteiger partial charge in [-0.15, -0.1) is 0 Å². The van der Waals surface area contributed by atoms with E-state index in [1.807, 2.05) is 20.8 Å². The molecule has 1 aromatic rings. The van der Waals surface area contributed by atoms with Gasteiger partial charge in [-0.05, 0) is 53.6 Å². The smallest absolute Gasteiger partial charge is 0.407 e. The van der Waals surface area contributed by atoms with Crippen LogP contribution in [0.2, 0.25) is 0 Å². The molecule has 2 rings (SSSR count). The molecule has 7 heteroatoms. The van der Waals surface area contributed by atoms with Crippen molar-refractivity contribution >= 4 is 6.09 Å². The van der Waals surface area contributed by atoms with Gasteiger partial charge in [0.25, 0.3) is 0 Å². The number of aryl methyl sites for hydroxylation is 1. The van der Waals surface area contributed by atoms with Crippen molar-refractivity contribution in [2.24, 2.45) is 0 Å². The summed E-state index contributed by atoms with van der Waals surface area (Å²) in [6, 6.07) is 0.251. The van der Waals surface area contributed by atoms with Crippen molar-refractivity contribution in [3.8, 4) is 0 Å². The Labute approximate surface area is 131 Å². The minimum atomic E-state index is -0.472. The first-order chi connectivity index (χ1) is 10.3. The second kappa shape index (κ2) is 7.09. The summed E-state index contributed by atoms with van der Waals surface area (Å²) in [7, 11) is 2.08. The number of nitrogens with zero attached hydrogens (tertiary/aromatic N) is 3. The molecule has 0 aliphatic carbocycles. The highest BCUT2D eigenvalue weighted by molar-refractivity contribution is 5.67. The Morgan fingerprint density at radius 2 is 2.27 bits per heavy atom. The molecule has 2 heterocycles. The maximum absolute atomic E-state index is 11.5. The standard InChI is InChI=1S/C15H26N4O3/c1-15(2,3)21-14(20)16-9-5-8-12-17-13(22-18-12)11-7-6-10-19(11)4/h11H,5-10H2,1-4H3,(H,16,20). The lowest BCUT2D eigenvalue weighted by Crippen LogP contribution is -2.33. The number of nitrogens with one attached hydrogen (secondary N) is 1. The molecule has 1 fully saturated rings. The van der Waals surface area contributed by atoms with Gasteiger partial charge in [0.1, 0.15) is 5.60 Å². The van der Waals surface area contributed by atoms with Crippen molar-refractivity contribution in [1.29, 1.82) is 0 Å². The molecule has 1 atom stereocenters. The molecule has 7 nitrogen and oxygen atoms in total. The van der Waals surface area contributed by atoms with Gasteiger partial charge in [0.2, 0.25) is 5.89 Å². The van der Waals surface area contributed by atoms with Crippen molar-refractivity contribution in [3.05, 3.63) is 11.7 Å². The molecule has 1 N–H and O–H groups in total. The predicted octanol–water partition coefficient (Wildman–Crippen LogP) is 2.29. The lowest BCUT2D eigenvalue weighted by molar-refractivity contribution is 0.0527. The van der Waals surface area contributed by atoms with E-state index in [0.717, 1.165) is 19.4 Å². The van der Waals surface area contributed by atoms with Crippen LogP contribution >= 0.6 is 0 Å². The second-order valence-corrected chi connectivity index (χ2v) is 6.72. The minimum Gasteiger partial charge on any atom is -0.444 e. The van der Waals surface area contributed by atoms with Gasteiger partial charge in [0.15, 0.2) is 5.82 Å². The topological polar surface area (TPSA) is 80.5 Å². The highest BCUT2D eigenvalue weighted by Gasteiger charge is 2.27. The molecule has 1 aromatic heterocycles. The third-order valence-corrected chi connectivity index (χ3v) is 3.53. The summed E-state index contributed by atoms with van der Waals surface area (Å²) in [5.41, 5.74) is -0.472. The van der Waals surface area contributed by atoms with E-state index in [1.54, 1.807) is 0 Å². The SMILES string of the molecule is CN1CCCC1c1nc(CCCNC(=O)OC(C)(C)C)no1. The van der Waals surface area contributed by atoms with Crippen LogP contribution in [0.25, 0.3) is 0 Å². The van der Waals surface area contributed by atoms with Crippen LogP contribution in [0.1, 0.15) is 57.8 Å². The van der Waals surface area contributed by atoms with E-state index in [1.165, 1.54) is 6.42 Å². The predicted molar refractivity (Wildman–Crippen MR) is 81.5 cm³/mol. The molecule has 0 aromatic carbocycles. The molecular formula is C15H26N4O3. The van der Waals surface area contributed by atoms with Crippen LogP contribution in [0.5, 0.6) is 0 Å². The zero-order valence-electron chi connectivity index (χ0n) is 13.9. The number of carbonyl (C=O) groups excluding carboxylic acids is 1. The van der Waals surface area contributed by atoms with Crippen molar-refractivity contribution in [1.82, 2.24) is 20.4 Å². The first-order valence-corrected chi connectivity index (χ1v) is 7.85. The number of likely N-dealkylation sites (tertiary alicyclic amines) is 1. The van der Waals surface area contributed by atoms with E-state index in [4.69, 9.17) is 9.26 Å². The van der Waals surface area contributed by atoms with Crippen molar-refractivity contribution in [2.45, 2.75) is 58.1 Å². The van der Waals surface area contributed by atoms with E-state index in [-0.39, 0.29) is 6.04 Å². The normalized spacial score (nSPS) is 19.4.